The lowest BCUT2D eigenvalue weighted by Crippen LogP contribution is -2.37. The standard InChI is InChI=1S/C14H15ClN2O2/c1-19-14(18)10-5-7-17(8-6-10)13-4-2-3-12(15)11(13)9-16/h2-4,10H,5-8H2,1H3. The molecule has 0 aliphatic carbocycles. The van der Waals surface area contributed by atoms with Crippen LogP contribution in [-0.2, 0) is 9.53 Å². The van der Waals surface area contributed by atoms with Gasteiger partial charge >= 0.3 is 5.97 Å². The number of piperidine rings is 1. The maximum absolute atomic E-state index is 11.5. The van der Waals surface area contributed by atoms with Gasteiger partial charge in [-0.25, -0.2) is 0 Å². The molecule has 0 spiro atoms. The first kappa shape index (κ1) is 13.7. The van der Waals surface area contributed by atoms with Crippen molar-refractivity contribution in [2.75, 3.05) is 25.1 Å². The van der Waals surface area contributed by atoms with Crippen LogP contribution < -0.4 is 4.90 Å². The van der Waals surface area contributed by atoms with Gasteiger partial charge < -0.3 is 9.64 Å². The van der Waals surface area contributed by atoms with Crippen molar-refractivity contribution in [2.45, 2.75) is 12.8 Å². The van der Waals surface area contributed by atoms with Crippen molar-refractivity contribution in [3.8, 4) is 6.07 Å². The summed E-state index contributed by atoms with van der Waals surface area (Å²) in [5.41, 5.74) is 1.35. The Balaban J connectivity index is 2.12. The van der Waals surface area contributed by atoms with Crippen LogP contribution in [0, 0.1) is 17.2 Å². The Kier molecular flexibility index (Phi) is 4.28. The molecule has 0 bridgehead atoms. The van der Waals surface area contributed by atoms with E-state index in [2.05, 4.69) is 11.0 Å². The molecule has 4 nitrogen and oxygen atoms in total. The Morgan fingerprint density at radius 1 is 1.47 bits per heavy atom. The van der Waals surface area contributed by atoms with Crippen LogP contribution in [0.5, 0.6) is 0 Å². The Bertz CT molecular complexity index is 517. The average Bonchev–Trinajstić information content (AvgIpc) is 2.46. The summed E-state index contributed by atoms with van der Waals surface area (Å²) >= 11 is 6.03. The van der Waals surface area contributed by atoms with E-state index in [0.717, 1.165) is 31.6 Å². The molecule has 0 aromatic heterocycles. The van der Waals surface area contributed by atoms with Crippen molar-refractivity contribution in [2.24, 2.45) is 5.92 Å². The molecular weight excluding hydrogens is 264 g/mol. The van der Waals surface area contributed by atoms with E-state index in [1.54, 1.807) is 6.07 Å². The van der Waals surface area contributed by atoms with Gasteiger partial charge in [0.05, 0.1) is 29.3 Å². The van der Waals surface area contributed by atoms with Gasteiger partial charge in [0.1, 0.15) is 6.07 Å². The van der Waals surface area contributed by atoms with Gasteiger partial charge in [0.25, 0.3) is 0 Å². The highest BCUT2D eigenvalue weighted by atomic mass is 35.5. The quantitative estimate of drug-likeness (QED) is 0.780. The number of anilines is 1. The van der Waals surface area contributed by atoms with E-state index in [9.17, 15) is 10.1 Å². The number of nitrogens with zero attached hydrogens (tertiary/aromatic N) is 2. The SMILES string of the molecule is COC(=O)C1CCN(c2cccc(Cl)c2C#N)CC1. The zero-order valence-electron chi connectivity index (χ0n) is 10.7. The number of carbonyl (C=O) groups is 1. The Hall–Kier alpha value is -1.73. The van der Waals surface area contributed by atoms with Crippen molar-refractivity contribution in [1.29, 1.82) is 5.26 Å². The predicted octanol–water partition coefficient (Wildman–Crippen LogP) is 2.60. The average molecular weight is 279 g/mol. The molecular formula is C14H15ClN2O2. The molecule has 5 heteroatoms. The summed E-state index contributed by atoms with van der Waals surface area (Å²) in [6.07, 6.45) is 1.48. The maximum atomic E-state index is 11.5. The molecule has 1 aliphatic rings. The van der Waals surface area contributed by atoms with E-state index in [4.69, 9.17) is 16.3 Å². The lowest BCUT2D eigenvalue weighted by Gasteiger charge is -2.33. The lowest BCUT2D eigenvalue weighted by atomic mass is 9.96. The Morgan fingerprint density at radius 3 is 2.74 bits per heavy atom. The molecule has 0 saturated carbocycles. The number of ether oxygens (including phenoxy) is 1. The minimum absolute atomic E-state index is 0.0361. The number of benzene rings is 1. The van der Waals surface area contributed by atoms with E-state index < -0.39 is 0 Å². The molecule has 1 heterocycles. The van der Waals surface area contributed by atoms with Gasteiger partial charge in [0.15, 0.2) is 0 Å². The summed E-state index contributed by atoms with van der Waals surface area (Å²) in [4.78, 5) is 13.6. The van der Waals surface area contributed by atoms with E-state index in [-0.39, 0.29) is 11.9 Å². The van der Waals surface area contributed by atoms with Gasteiger partial charge in [-0.2, -0.15) is 5.26 Å². The first-order valence-electron chi connectivity index (χ1n) is 6.18. The van der Waals surface area contributed by atoms with Crippen molar-refractivity contribution in [3.05, 3.63) is 28.8 Å². The topological polar surface area (TPSA) is 53.3 Å². The molecule has 0 radical (unpaired) electrons. The number of nitriles is 1. The van der Waals surface area contributed by atoms with E-state index in [1.165, 1.54) is 7.11 Å². The van der Waals surface area contributed by atoms with Crippen LogP contribution in [-0.4, -0.2) is 26.2 Å². The highest BCUT2D eigenvalue weighted by Crippen LogP contribution is 2.30. The van der Waals surface area contributed by atoms with Crippen LogP contribution >= 0.6 is 11.6 Å². The number of esters is 1. The Morgan fingerprint density at radius 2 is 2.16 bits per heavy atom. The number of methoxy groups -OCH3 is 1. The number of hydrogen-bond donors (Lipinski definition) is 0. The summed E-state index contributed by atoms with van der Waals surface area (Å²) in [7, 11) is 1.42. The van der Waals surface area contributed by atoms with Crippen molar-refractivity contribution >= 4 is 23.3 Å². The summed E-state index contributed by atoms with van der Waals surface area (Å²) in [5, 5.41) is 9.64. The van der Waals surface area contributed by atoms with Gasteiger partial charge in [0, 0.05) is 13.1 Å². The fourth-order valence-corrected chi connectivity index (χ4v) is 2.62. The first-order valence-corrected chi connectivity index (χ1v) is 6.56. The zero-order chi connectivity index (χ0) is 13.8. The van der Waals surface area contributed by atoms with Gasteiger partial charge in [-0.05, 0) is 25.0 Å². The largest absolute Gasteiger partial charge is 0.469 e. The number of carbonyl (C=O) groups excluding carboxylic acids is 1. The highest BCUT2D eigenvalue weighted by Gasteiger charge is 2.26. The van der Waals surface area contributed by atoms with E-state index >= 15 is 0 Å². The minimum Gasteiger partial charge on any atom is -0.469 e. The van der Waals surface area contributed by atoms with Crippen LogP contribution in [0.4, 0.5) is 5.69 Å². The summed E-state index contributed by atoms with van der Waals surface area (Å²) < 4.78 is 4.76. The normalized spacial score (nSPS) is 15.9. The van der Waals surface area contributed by atoms with Crippen molar-refractivity contribution in [1.82, 2.24) is 0 Å². The second kappa shape index (κ2) is 5.94. The van der Waals surface area contributed by atoms with Crippen LogP contribution in [0.15, 0.2) is 18.2 Å². The molecule has 1 saturated heterocycles. The minimum atomic E-state index is -0.147. The van der Waals surface area contributed by atoms with Gasteiger partial charge in [-0.3, -0.25) is 4.79 Å². The van der Waals surface area contributed by atoms with Gasteiger partial charge in [-0.1, -0.05) is 17.7 Å². The third-order valence-corrected chi connectivity index (χ3v) is 3.79. The van der Waals surface area contributed by atoms with Crippen LogP contribution in [0.3, 0.4) is 0 Å². The predicted molar refractivity (Wildman–Crippen MR) is 73.1 cm³/mol. The third-order valence-electron chi connectivity index (χ3n) is 3.47. The summed E-state index contributed by atoms with van der Waals surface area (Å²) in [5.74, 6) is -0.183. The van der Waals surface area contributed by atoms with E-state index in [0.29, 0.717) is 10.6 Å². The number of rotatable bonds is 2. The Labute approximate surface area is 117 Å². The maximum Gasteiger partial charge on any atom is 0.308 e. The molecule has 0 unspecified atom stereocenters. The third kappa shape index (κ3) is 2.82. The van der Waals surface area contributed by atoms with Gasteiger partial charge in [-0.15, -0.1) is 0 Å². The molecule has 0 N–H and O–H groups in total. The molecule has 0 amide bonds. The fourth-order valence-electron chi connectivity index (χ4n) is 2.41. The second-order valence-corrected chi connectivity index (χ2v) is 4.94. The van der Waals surface area contributed by atoms with Gasteiger partial charge in [0.2, 0.25) is 0 Å². The fraction of sp³-hybridized carbons (Fsp3) is 0.429. The van der Waals surface area contributed by atoms with E-state index in [1.807, 2.05) is 12.1 Å². The molecule has 100 valence electrons. The summed E-state index contributed by atoms with van der Waals surface area (Å²) in [6.45, 7) is 1.46. The van der Waals surface area contributed by atoms with Crippen LogP contribution in [0.25, 0.3) is 0 Å². The molecule has 1 aromatic carbocycles. The lowest BCUT2D eigenvalue weighted by molar-refractivity contribution is -0.146. The smallest absolute Gasteiger partial charge is 0.308 e. The second-order valence-electron chi connectivity index (χ2n) is 4.53. The zero-order valence-corrected chi connectivity index (χ0v) is 11.5. The molecule has 1 aliphatic heterocycles. The molecule has 2 rings (SSSR count). The number of hydrogen-bond acceptors (Lipinski definition) is 4. The molecule has 19 heavy (non-hydrogen) atoms. The van der Waals surface area contributed by atoms with Crippen molar-refractivity contribution < 1.29 is 9.53 Å². The van der Waals surface area contributed by atoms with Crippen molar-refractivity contribution in [3.63, 3.8) is 0 Å². The van der Waals surface area contributed by atoms with Crippen LogP contribution in [0.1, 0.15) is 18.4 Å². The molecule has 1 fully saturated rings. The highest BCUT2D eigenvalue weighted by molar-refractivity contribution is 6.32. The van der Waals surface area contributed by atoms with Crippen LogP contribution in [0.2, 0.25) is 5.02 Å². The molecule has 0 atom stereocenters. The first-order chi connectivity index (χ1) is 9.17. The molecule has 1 aromatic rings. The monoisotopic (exact) mass is 278 g/mol. The number of halogens is 1. The summed E-state index contributed by atoms with van der Waals surface area (Å²) in [6, 6.07) is 7.58.